The summed E-state index contributed by atoms with van der Waals surface area (Å²) in [6, 6.07) is 8.13. The molecule has 2 saturated heterocycles. The topological polar surface area (TPSA) is 188 Å². The third kappa shape index (κ3) is 14.4. The number of aromatic nitrogens is 1. The maximum Gasteiger partial charge on any atom is 0.405 e. The number of nitrogens with two attached hydrogens (primary N) is 1. The molecule has 3 heterocycles. The number of hydrazine groups is 1. The van der Waals surface area contributed by atoms with Gasteiger partial charge in [0.25, 0.3) is 11.8 Å². The van der Waals surface area contributed by atoms with Crippen LogP contribution >= 0.6 is 34.8 Å². The number of pyridine rings is 1. The number of alkyl halides is 3. The van der Waals surface area contributed by atoms with Gasteiger partial charge in [-0.1, -0.05) is 85.9 Å². The molecule has 4 unspecified atom stereocenters. The summed E-state index contributed by atoms with van der Waals surface area (Å²) >= 11 is 17.0. The normalized spacial score (nSPS) is 20.0. The molecule has 2 aromatic rings. The molecule has 14 nitrogen and oxygen atoms in total. The number of amides is 3. The lowest BCUT2D eigenvalue weighted by Crippen LogP contribution is -2.60. The van der Waals surface area contributed by atoms with E-state index in [4.69, 9.17) is 59.7 Å². The highest BCUT2D eigenvalue weighted by atomic mass is 35.6. The number of hydrogen-bond acceptors (Lipinski definition) is 11. The number of nitrogens with zero attached hydrogens (tertiary/aromatic N) is 2. The van der Waals surface area contributed by atoms with Crippen LogP contribution in [-0.2, 0) is 44.5 Å². The van der Waals surface area contributed by atoms with E-state index in [2.05, 4.69) is 22.4 Å². The molecule has 1 aromatic carbocycles. The summed E-state index contributed by atoms with van der Waals surface area (Å²) in [5.41, 5.74) is 8.74. The van der Waals surface area contributed by atoms with E-state index in [9.17, 15) is 24.0 Å². The highest BCUT2D eigenvalue weighted by Gasteiger charge is 2.44. The number of ether oxygens (including phenoxy) is 4. The van der Waals surface area contributed by atoms with E-state index in [0.717, 1.165) is 28.6 Å². The van der Waals surface area contributed by atoms with E-state index in [-0.39, 0.29) is 6.61 Å². The molecule has 304 valence electrons. The Balaban J connectivity index is 0.000000912. The second-order valence-electron chi connectivity index (χ2n) is 14.8. The second kappa shape index (κ2) is 19.9. The van der Waals surface area contributed by atoms with Crippen LogP contribution in [-0.4, -0.2) is 93.8 Å². The van der Waals surface area contributed by atoms with Crippen LogP contribution in [0.25, 0.3) is 17.0 Å². The average Bonchev–Trinajstić information content (AvgIpc) is 3.60. The third-order valence-corrected chi connectivity index (χ3v) is 8.87. The fourth-order valence-corrected chi connectivity index (χ4v) is 5.82. The first kappa shape index (κ1) is 45.7. The molecule has 4 atom stereocenters. The summed E-state index contributed by atoms with van der Waals surface area (Å²) in [6.07, 6.45) is 3.88. The zero-order chi connectivity index (χ0) is 41.1. The quantitative estimate of drug-likeness (QED) is 0.146. The number of nitrogens with one attached hydrogen (secondary N) is 2. The lowest BCUT2D eigenvalue weighted by molar-refractivity contribution is -0.166. The number of primary amides is 1. The number of hydrogen-bond donors (Lipinski definition) is 3. The van der Waals surface area contributed by atoms with Crippen LogP contribution in [0.2, 0.25) is 0 Å². The van der Waals surface area contributed by atoms with Gasteiger partial charge in [-0.3, -0.25) is 29.2 Å². The van der Waals surface area contributed by atoms with E-state index in [1.54, 1.807) is 40.7 Å². The van der Waals surface area contributed by atoms with Crippen molar-refractivity contribution < 1.29 is 42.9 Å². The molecule has 17 heteroatoms. The minimum atomic E-state index is -1.76. The van der Waals surface area contributed by atoms with Gasteiger partial charge in [0.05, 0.1) is 12.1 Å². The van der Waals surface area contributed by atoms with Crippen LogP contribution in [0.5, 0.6) is 0 Å². The first-order valence-electron chi connectivity index (χ1n) is 18.1. The zero-order valence-corrected chi connectivity index (χ0v) is 34.6. The summed E-state index contributed by atoms with van der Waals surface area (Å²) in [5.74, 6) is -2.74. The number of carbonyl (C=O) groups excluding carboxylic acids is 5. The second-order valence-corrected chi connectivity index (χ2v) is 17.3. The number of aryl methyl sites for hydroxylation is 1. The van der Waals surface area contributed by atoms with Gasteiger partial charge in [0.2, 0.25) is 3.79 Å². The lowest BCUT2D eigenvalue weighted by Gasteiger charge is -2.35. The van der Waals surface area contributed by atoms with Gasteiger partial charge in [-0.25, -0.2) is 10.2 Å². The minimum Gasteiger partial charge on any atom is -0.460 e. The molecule has 0 spiro atoms. The molecule has 1 aromatic heterocycles. The predicted octanol–water partition coefficient (Wildman–Crippen LogP) is 5.58. The van der Waals surface area contributed by atoms with Crippen molar-refractivity contribution in [2.24, 2.45) is 17.1 Å². The first-order chi connectivity index (χ1) is 25.6. The molecule has 0 saturated carbocycles. The molecule has 4 N–H and O–H groups in total. The monoisotopic (exact) mass is 827 g/mol. The van der Waals surface area contributed by atoms with Gasteiger partial charge < -0.3 is 30.0 Å². The molecule has 2 aliphatic rings. The number of rotatable bonds is 11. The smallest absolute Gasteiger partial charge is 0.405 e. The minimum absolute atomic E-state index is 0.112. The molecule has 2 fully saturated rings. The molecular formula is C38H52Cl3N5O9. The Kier molecular flexibility index (Phi) is 16.6. The van der Waals surface area contributed by atoms with Crippen LogP contribution < -0.4 is 16.5 Å². The predicted molar refractivity (Wildman–Crippen MR) is 210 cm³/mol. The van der Waals surface area contributed by atoms with Crippen molar-refractivity contribution in [3.8, 4) is 0 Å². The van der Waals surface area contributed by atoms with E-state index >= 15 is 0 Å². The third-order valence-electron chi connectivity index (χ3n) is 8.54. The Hall–Kier alpha value is -3.69. The molecule has 3 amide bonds. The fourth-order valence-electron chi connectivity index (χ4n) is 5.66. The Morgan fingerprint density at radius 2 is 1.82 bits per heavy atom. The Morgan fingerprint density at radius 1 is 1.13 bits per heavy atom. The molecule has 55 heavy (non-hydrogen) atoms. The van der Waals surface area contributed by atoms with Gasteiger partial charge >= 0.3 is 18.0 Å². The van der Waals surface area contributed by atoms with E-state index in [1.165, 1.54) is 11.9 Å². The number of benzene rings is 1. The van der Waals surface area contributed by atoms with Crippen LogP contribution in [0.3, 0.4) is 0 Å². The number of fused-ring (bicyclic) bond motifs is 1. The van der Waals surface area contributed by atoms with Crippen molar-refractivity contribution in [3.05, 3.63) is 47.7 Å². The van der Waals surface area contributed by atoms with Gasteiger partial charge in [-0.05, 0) is 77.0 Å². The van der Waals surface area contributed by atoms with Crippen molar-refractivity contribution in [1.29, 1.82) is 0 Å². The number of halogens is 3. The Morgan fingerprint density at radius 3 is 2.38 bits per heavy atom. The van der Waals surface area contributed by atoms with Gasteiger partial charge in [-0.2, -0.15) is 0 Å². The molecule has 0 radical (unpaired) electrons. The van der Waals surface area contributed by atoms with Crippen LogP contribution in [0.4, 0.5) is 4.79 Å². The summed E-state index contributed by atoms with van der Waals surface area (Å²) in [5, 5.41) is 4.95. The SMILES string of the molecule is CC(C)(C)OC(N)=O.CCc1ccc2ccc(/C=C/C3(C(=O)OC(C(=O)NC(C)C(=O)N4CCCC(C(=O)OCC(Cl)(Cl)Cl)N4)C(C)C)CCOC3)cc2n1. The molecular weight excluding hydrogens is 777 g/mol. The van der Waals surface area contributed by atoms with E-state index in [0.29, 0.717) is 32.4 Å². The van der Waals surface area contributed by atoms with Crippen LogP contribution in [0, 0.1) is 11.3 Å². The summed E-state index contributed by atoms with van der Waals surface area (Å²) < 4.78 is 19.3. The van der Waals surface area contributed by atoms with Crippen LogP contribution in [0.1, 0.15) is 79.0 Å². The number of carbonyl (C=O) groups is 5. The van der Waals surface area contributed by atoms with Gasteiger partial charge in [0.15, 0.2) is 6.10 Å². The number of esters is 2. The summed E-state index contributed by atoms with van der Waals surface area (Å²) in [4.78, 5) is 67.5. The zero-order valence-electron chi connectivity index (χ0n) is 32.3. The van der Waals surface area contributed by atoms with E-state index in [1.807, 2.05) is 36.4 Å². The van der Waals surface area contributed by atoms with Crippen molar-refractivity contribution in [2.45, 2.75) is 102 Å². The van der Waals surface area contributed by atoms with Gasteiger partial charge in [0.1, 0.15) is 29.7 Å². The molecule has 0 aliphatic carbocycles. The average molecular weight is 829 g/mol. The van der Waals surface area contributed by atoms with Crippen LogP contribution in [0.15, 0.2) is 36.4 Å². The van der Waals surface area contributed by atoms with Gasteiger partial charge in [-0.15, -0.1) is 0 Å². The Labute approximate surface area is 337 Å². The van der Waals surface area contributed by atoms with E-state index < -0.39 is 75.4 Å². The summed E-state index contributed by atoms with van der Waals surface area (Å²) in [7, 11) is 0. The van der Waals surface area contributed by atoms with Crippen molar-refractivity contribution in [3.63, 3.8) is 0 Å². The van der Waals surface area contributed by atoms with Crippen molar-refractivity contribution in [2.75, 3.05) is 26.4 Å². The lowest BCUT2D eigenvalue weighted by atomic mass is 9.86. The Bertz CT molecular complexity index is 1700. The molecule has 2 aliphatic heterocycles. The van der Waals surface area contributed by atoms with Gasteiger partial charge in [0, 0.05) is 24.2 Å². The first-order valence-corrected chi connectivity index (χ1v) is 19.2. The largest absolute Gasteiger partial charge is 0.460 e. The highest BCUT2D eigenvalue weighted by molar-refractivity contribution is 6.67. The maximum atomic E-state index is 13.7. The standard InChI is InChI=1S/C33H41Cl3N4O7.C5H11NO2/c1-5-24-11-10-23-9-8-22(17-26(23)38-24)12-13-32(14-16-45-18-32)31(44)47-27(20(2)3)28(41)37-21(4)29(42)40-15-6-7-25(39-40)30(43)46-19-33(34,35)36;1-5(2,3)8-4(6)7/h8-13,17,20-21,25,27,39H,5-7,14-16,18-19H2,1-4H3,(H,37,41);1-3H3,(H2,6,7)/b13-12+;. The molecule has 4 rings (SSSR count). The van der Waals surface area contributed by atoms with Crippen molar-refractivity contribution >= 4 is 81.6 Å². The maximum absolute atomic E-state index is 13.7. The highest BCUT2D eigenvalue weighted by Crippen LogP contribution is 2.34. The fraction of sp³-hybridized carbons (Fsp3) is 0.579. The van der Waals surface area contributed by atoms with Crippen molar-refractivity contribution in [1.82, 2.24) is 20.7 Å². The summed E-state index contributed by atoms with van der Waals surface area (Å²) in [6.45, 7) is 12.7. The molecule has 0 bridgehead atoms.